The van der Waals surface area contributed by atoms with Crippen LogP contribution in [0.3, 0.4) is 0 Å². The average molecular weight is 263 g/mol. The smallest absolute Gasteiger partial charge is 0.245 e. The summed E-state index contributed by atoms with van der Waals surface area (Å²) >= 11 is 0. The van der Waals surface area contributed by atoms with Gasteiger partial charge in [-0.05, 0) is 0 Å². The fraction of sp³-hybridized carbons (Fsp3) is 0.667. The zero-order chi connectivity index (χ0) is 14.1. The molecule has 0 aromatic carbocycles. The van der Waals surface area contributed by atoms with Gasteiger partial charge in [-0.25, -0.2) is 0 Å². The first-order valence-electron chi connectivity index (χ1n) is 5.14. The highest BCUT2D eigenvalue weighted by Gasteiger charge is 2.24. The number of aldehydes is 1. The molecule has 9 nitrogen and oxygen atoms in total. The molecule has 0 saturated carbocycles. The number of aliphatic hydroxyl groups excluding tert-OH is 3. The fourth-order valence-electron chi connectivity index (χ4n) is 0.962. The molecule has 9 heteroatoms. The van der Waals surface area contributed by atoms with Crippen molar-refractivity contribution in [1.82, 2.24) is 10.6 Å². The largest absolute Gasteiger partial charge is 0.394 e. The van der Waals surface area contributed by atoms with Crippen LogP contribution in [0.2, 0.25) is 0 Å². The van der Waals surface area contributed by atoms with Crippen LogP contribution >= 0.6 is 0 Å². The Hall–Kier alpha value is -1.55. The summed E-state index contributed by atoms with van der Waals surface area (Å²) in [6, 6.07) is -3.65. The van der Waals surface area contributed by atoms with Gasteiger partial charge in [0.2, 0.25) is 11.8 Å². The molecule has 0 fully saturated rings. The summed E-state index contributed by atoms with van der Waals surface area (Å²) in [4.78, 5) is 33.1. The summed E-state index contributed by atoms with van der Waals surface area (Å²) in [7, 11) is 0. The molecular weight excluding hydrogens is 246 g/mol. The predicted octanol–water partition coefficient (Wildman–Crippen LogP) is -4.54. The lowest BCUT2D eigenvalue weighted by atomic mass is 10.2. The molecule has 0 aromatic heterocycles. The SMILES string of the molecule is NC(CO)C(=O)N[C@@H](CO)C(=O)N[C@H](C=O)CO. The van der Waals surface area contributed by atoms with Crippen molar-refractivity contribution in [3.8, 4) is 0 Å². The Kier molecular flexibility index (Phi) is 7.79. The van der Waals surface area contributed by atoms with Gasteiger partial charge in [-0.2, -0.15) is 0 Å². The molecule has 7 N–H and O–H groups in total. The second-order valence-corrected chi connectivity index (χ2v) is 3.47. The maximum absolute atomic E-state index is 11.5. The Balaban J connectivity index is 4.44. The van der Waals surface area contributed by atoms with E-state index in [1.165, 1.54) is 0 Å². The van der Waals surface area contributed by atoms with Gasteiger partial charge in [0, 0.05) is 0 Å². The molecule has 0 aliphatic carbocycles. The van der Waals surface area contributed by atoms with E-state index in [2.05, 4.69) is 10.6 Å². The zero-order valence-corrected chi connectivity index (χ0v) is 9.57. The molecule has 18 heavy (non-hydrogen) atoms. The van der Waals surface area contributed by atoms with Crippen molar-refractivity contribution in [2.24, 2.45) is 5.73 Å². The number of nitrogens with one attached hydrogen (secondary N) is 2. The standard InChI is InChI=1S/C9H17N3O6/c10-6(3-15)8(17)12-7(4-16)9(18)11-5(1-13)2-14/h1,5-7,14-16H,2-4,10H2,(H,11,18)(H,12,17)/t5-,6?,7+/m1/s1. The Labute approximate surface area is 103 Å². The topological polar surface area (TPSA) is 162 Å². The van der Waals surface area contributed by atoms with Crippen molar-refractivity contribution < 1.29 is 29.7 Å². The van der Waals surface area contributed by atoms with Crippen LogP contribution in [0.4, 0.5) is 0 Å². The first kappa shape index (κ1) is 16.4. The molecule has 0 aromatic rings. The van der Waals surface area contributed by atoms with Gasteiger partial charge in [0.05, 0.1) is 19.8 Å². The number of rotatable bonds is 8. The monoisotopic (exact) mass is 263 g/mol. The number of carbonyl (C=O) groups excluding carboxylic acids is 3. The highest BCUT2D eigenvalue weighted by Crippen LogP contribution is 1.88. The summed E-state index contributed by atoms with van der Waals surface area (Å²) in [5.74, 6) is -1.67. The minimum Gasteiger partial charge on any atom is -0.394 e. The molecular formula is C9H17N3O6. The normalized spacial score (nSPS) is 15.3. The van der Waals surface area contributed by atoms with Crippen LogP contribution < -0.4 is 16.4 Å². The lowest BCUT2D eigenvalue weighted by Gasteiger charge is -2.19. The van der Waals surface area contributed by atoms with E-state index in [4.69, 9.17) is 21.1 Å². The van der Waals surface area contributed by atoms with Gasteiger partial charge in [0.15, 0.2) is 0 Å². The summed E-state index contributed by atoms with van der Waals surface area (Å²) in [6.07, 6.45) is 0.313. The van der Waals surface area contributed by atoms with Crippen molar-refractivity contribution in [2.45, 2.75) is 18.1 Å². The summed E-state index contributed by atoms with van der Waals surface area (Å²) in [6.45, 7) is -1.93. The lowest BCUT2D eigenvalue weighted by molar-refractivity contribution is -0.132. The van der Waals surface area contributed by atoms with Crippen LogP contribution in [0.25, 0.3) is 0 Å². The molecule has 0 aliphatic heterocycles. The van der Waals surface area contributed by atoms with E-state index in [0.717, 1.165) is 0 Å². The van der Waals surface area contributed by atoms with E-state index in [9.17, 15) is 14.4 Å². The zero-order valence-electron chi connectivity index (χ0n) is 9.57. The number of hydrogen-bond donors (Lipinski definition) is 6. The van der Waals surface area contributed by atoms with E-state index in [1.807, 2.05) is 0 Å². The highest BCUT2D eigenvalue weighted by molar-refractivity contribution is 5.90. The van der Waals surface area contributed by atoms with Crippen molar-refractivity contribution in [3.63, 3.8) is 0 Å². The van der Waals surface area contributed by atoms with Crippen LogP contribution in [0.5, 0.6) is 0 Å². The third-order valence-corrected chi connectivity index (χ3v) is 2.04. The Morgan fingerprint density at radius 3 is 2.06 bits per heavy atom. The molecule has 104 valence electrons. The molecule has 0 heterocycles. The average Bonchev–Trinajstić information content (AvgIpc) is 2.40. The summed E-state index contributed by atoms with van der Waals surface area (Å²) in [5, 5.41) is 30.4. The first-order valence-corrected chi connectivity index (χ1v) is 5.14. The molecule has 0 aliphatic rings. The highest BCUT2D eigenvalue weighted by atomic mass is 16.3. The van der Waals surface area contributed by atoms with Crippen LogP contribution in [0, 0.1) is 0 Å². The number of amides is 2. The molecule has 0 bridgehead atoms. The Morgan fingerprint density at radius 1 is 1.06 bits per heavy atom. The predicted molar refractivity (Wildman–Crippen MR) is 59.2 cm³/mol. The van der Waals surface area contributed by atoms with E-state index < -0.39 is 49.8 Å². The van der Waals surface area contributed by atoms with E-state index in [-0.39, 0.29) is 0 Å². The van der Waals surface area contributed by atoms with Crippen molar-refractivity contribution >= 4 is 18.1 Å². The fourth-order valence-corrected chi connectivity index (χ4v) is 0.962. The molecule has 3 atom stereocenters. The van der Waals surface area contributed by atoms with Gasteiger partial charge in [-0.1, -0.05) is 0 Å². The number of nitrogens with two attached hydrogens (primary N) is 1. The third kappa shape index (κ3) is 5.19. The Bertz CT molecular complexity index is 298. The lowest BCUT2D eigenvalue weighted by Crippen LogP contribution is -2.56. The molecule has 0 radical (unpaired) electrons. The minimum atomic E-state index is -1.32. The van der Waals surface area contributed by atoms with Crippen molar-refractivity contribution in [2.75, 3.05) is 19.8 Å². The quantitative estimate of drug-likeness (QED) is 0.240. The minimum absolute atomic E-state index is 0.313. The molecule has 2 amide bonds. The number of aliphatic hydroxyl groups is 3. The number of carbonyl (C=O) groups is 3. The maximum Gasteiger partial charge on any atom is 0.245 e. The van der Waals surface area contributed by atoms with Crippen LogP contribution in [-0.2, 0) is 14.4 Å². The maximum atomic E-state index is 11.5. The van der Waals surface area contributed by atoms with Gasteiger partial charge >= 0.3 is 0 Å². The van der Waals surface area contributed by atoms with Crippen molar-refractivity contribution in [3.05, 3.63) is 0 Å². The van der Waals surface area contributed by atoms with Crippen LogP contribution in [-0.4, -0.2) is 71.4 Å². The number of hydrogen-bond acceptors (Lipinski definition) is 7. The summed E-state index contributed by atoms with van der Waals surface area (Å²) in [5.41, 5.74) is 5.20. The first-order chi connectivity index (χ1) is 8.49. The van der Waals surface area contributed by atoms with E-state index in [0.29, 0.717) is 6.29 Å². The molecule has 0 saturated heterocycles. The van der Waals surface area contributed by atoms with Crippen LogP contribution in [0.15, 0.2) is 0 Å². The molecule has 0 spiro atoms. The van der Waals surface area contributed by atoms with Crippen LogP contribution in [0.1, 0.15) is 0 Å². The molecule has 0 rings (SSSR count). The second-order valence-electron chi connectivity index (χ2n) is 3.47. The van der Waals surface area contributed by atoms with E-state index >= 15 is 0 Å². The Morgan fingerprint density at radius 2 is 1.67 bits per heavy atom. The third-order valence-electron chi connectivity index (χ3n) is 2.04. The van der Waals surface area contributed by atoms with Gasteiger partial charge < -0.3 is 36.5 Å². The van der Waals surface area contributed by atoms with Gasteiger partial charge in [0.1, 0.15) is 24.4 Å². The van der Waals surface area contributed by atoms with Crippen molar-refractivity contribution in [1.29, 1.82) is 0 Å². The van der Waals surface area contributed by atoms with Gasteiger partial charge in [-0.3, -0.25) is 9.59 Å². The van der Waals surface area contributed by atoms with Gasteiger partial charge in [-0.15, -0.1) is 0 Å². The summed E-state index contributed by atoms with van der Waals surface area (Å²) < 4.78 is 0. The second kappa shape index (κ2) is 8.53. The molecule has 1 unspecified atom stereocenters. The van der Waals surface area contributed by atoms with Gasteiger partial charge in [0.25, 0.3) is 0 Å². The van der Waals surface area contributed by atoms with E-state index in [1.54, 1.807) is 0 Å².